The van der Waals surface area contributed by atoms with Crippen molar-refractivity contribution in [1.29, 1.82) is 0 Å². The Morgan fingerprint density at radius 3 is 2.67 bits per heavy atom. The van der Waals surface area contributed by atoms with Gasteiger partial charge in [-0.1, -0.05) is 41.4 Å². The molecule has 6 heteroatoms. The zero-order chi connectivity index (χ0) is 17.4. The minimum Gasteiger partial charge on any atom is -0.507 e. The van der Waals surface area contributed by atoms with E-state index in [9.17, 15) is 9.90 Å². The number of halogens is 1. The molecule has 0 aliphatic carbocycles. The summed E-state index contributed by atoms with van der Waals surface area (Å²) in [5.74, 6) is 0.398. The summed E-state index contributed by atoms with van der Waals surface area (Å²) < 4.78 is 6.69. The van der Waals surface area contributed by atoms with Gasteiger partial charge in [-0.15, -0.1) is 0 Å². The Hall–Kier alpha value is -2.34. The molecule has 24 heavy (non-hydrogen) atoms. The summed E-state index contributed by atoms with van der Waals surface area (Å²) in [6.45, 7) is 1.98. The molecule has 0 aromatic heterocycles. The van der Waals surface area contributed by atoms with Gasteiger partial charge in [-0.25, -0.2) is 5.43 Å². The highest BCUT2D eigenvalue weighted by atomic mass is 79.9. The molecule has 1 unspecified atom stereocenters. The molecule has 126 valence electrons. The van der Waals surface area contributed by atoms with Crippen molar-refractivity contribution in [3.63, 3.8) is 0 Å². The zero-order valence-electron chi connectivity index (χ0n) is 13.3. The topological polar surface area (TPSA) is 70.9 Å². The van der Waals surface area contributed by atoms with Gasteiger partial charge in [0.1, 0.15) is 11.5 Å². The number of hydrogen-bond donors (Lipinski definition) is 2. The van der Waals surface area contributed by atoms with E-state index >= 15 is 0 Å². The molecule has 0 fully saturated rings. The second-order valence-corrected chi connectivity index (χ2v) is 6.06. The number of carbonyl (C=O) groups excluding carboxylic acids is 1. The Morgan fingerprint density at radius 2 is 2.00 bits per heavy atom. The number of carbonyl (C=O) groups is 1. The van der Waals surface area contributed by atoms with Gasteiger partial charge < -0.3 is 9.84 Å². The molecule has 0 aliphatic rings. The number of hydrazone groups is 1. The number of para-hydroxylation sites is 1. The molecular weight excluding hydrogens is 372 g/mol. The third-order valence-electron chi connectivity index (χ3n) is 3.25. The molecule has 0 saturated carbocycles. The van der Waals surface area contributed by atoms with E-state index in [1.54, 1.807) is 36.4 Å². The van der Waals surface area contributed by atoms with Crippen LogP contribution >= 0.6 is 15.9 Å². The predicted octanol–water partition coefficient (Wildman–Crippen LogP) is 3.85. The molecule has 1 atom stereocenters. The van der Waals surface area contributed by atoms with Gasteiger partial charge in [0.05, 0.1) is 6.21 Å². The first kappa shape index (κ1) is 18.0. The molecule has 5 nitrogen and oxygen atoms in total. The Bertz CT molecular complexity index is 702. The second kappa shape index (κ2) is 9.08. The number of hydrogen-bond acceptors (Lipinski definition) is 4. The first-order valence-corrected chi connectivity index (χ1v) is 8.42. The van der Waals surface area contributed by atoms with E-state index in [0.29, 0.717) is 17.7 Å². The molecule has 1 amide bonds. The van der Waals surface area contributed by atoms with Crippen LogP contribution in [0, 0.1) is 0 Å². The molecule has 2 rings (SSSR count). The smallest absolute Gasteiger partial charge is 0.281 e. The summed E-state index contributed by atoms with van der Waals surface area (Å²) in [7, 11) is 0. The zero-order valence-corrected chi connectivity index (χ0v) is 14.9. The normalized spacial score (nSPS) is 12.1. The summed E-state index contributed by atoms with van der Waals surface area (Å²) in [6.07, 6.45) is 2.15. The van der Waals surface area contributed by atoms with E-state index in [2.05, 4.69) is 26.5 Å². The van der Waals surface area contributed by atoms with E-state index in [1.807, 2.05) is 19.1 Å². The highest BCUT2D eigenvalue weighted by molar-refractivity contribution is 9.10. The van der Waals surface area contributed by atoms with E-state index in [-0.39, 0.29) is 11.7 Å². The van der Waals surface area contributed by atoms with Crippen molar-refractivity contribution in [2.45, 2.75) is 25.9 Å². The Morgan fingerprint density at radius 1 is 1.29 bits per heavy atom. The van der Waals surface area contributed by atoms with E-state index in [1.165, 1.54) is 6.21 Å². The maximum Gasteiger partial charge on any atom is 0.281 e. The van der Waals surface area contributed by atoms with Crippen molar-refractivity contribution < 1.29 is 14.6 Å². The lowest BCUT2D eigenvalue weighted by Gasteiger charge is -2.16. The fourth-order valence-electron chi connectivity index (χ4n) is 2.02. The summed E-state index contributed by atoms with van der Waals surface area (Å²) in [5, 5.41) is 13.5. The molecule has 0 spiro atoms. The minimum absolute atomic E-state index is 0.103. The third kappa shape index (κ3) is 5.38. The van der Waals surface area contributed by atoms with Crippen LogP contribution < -0.4 is 10.2 Å². The van der Waals surface area contributed by atoms with Gasteiger partial charge in [0.25, 0.3) is 5.91 Å². The van der Waals surface area contributed by atoms with Gasteiger partial charge in [-0.3, -0.25) is 4.79 Å². The van der Waals surface area contributed by atoms with Crippen molar-refractivity contribution in [1.82, 2.24) is 5.43 Å². The largest absolute Gasteiger partial charge is 0.507 e. The van der Waals surface area contributed by atoms with Gasteiger partial charge in [0.2, 0.25) is 0 Å². The van der Waals surface area contributed by atoms with Gasteiger partial charge >= 0.3 is 0 Å². The molecular formula is C18H19BrN2O3. The number of phenolic OH excluding ortho intramolecular Hbond substituents is 1. The van der Waals surface area contributed by atoms with Crippen molar-refractivity contribution in [3.8, 4) is 11.5 Å². The van der Waals surface area contributed by atoms with Gasteiger partial charge in [-0.05, 0) is 42.8 Å². The number of phenols is 1. The van der Waals surface area contributed by atoms with E-state index in [0.717, 1.165) is 10.9 Å². The highest BCUT2D eigenvalue weighted by Crippen LogP contribution is 2.18. The van der Waals surface area contributed by atoms with Crippen LogP contribution in [-0.2, 0) is 4.79 Å². The van der Waals surface area contributed by atoms with E-state index < -0.39 is 6.10 Å². The Balaban J connectivity index is 1.98. The molecule has 0 radical (unpaired) electrons. The van der Waals surface area contributed by atoms with Gasteiger partial charge in [0.15, 0.2) is 6.10 Å². The average molecular weight is 391 g/mol. The fourth-order valence-corrected chi connectivity index (χ4v) is 2.28. The van der Waals surface area contributed by atoms with Gasteiger partial charge in [0, 0.05) is 10.0 Å². The third-order valence-corrected chi connectivity index (χ3v) is 3.78. The molecule has 2 N–H and O–H groups in total. The SMILES string of the molecule is CCCC(Oc1ccc(Br)cc1)C(=O)NN=Cc1ccccc1O. The lowest BCUT2D eigenvalue weighted by atomic mass is 10.2. The Kier molecular flexibility index (Phi) is 6.81. The minimum atomic E-state index is -0.627. The van der Waals surface area contributed by atoms with Crippen LogP contribution in [0.2, 0.25) is 0 Å². The lowest BCUT2D eigenvalue weighted by molar-refractivity contribution is -0.128. The summed E-state index contributed by atoms with van der Waals surface area (Å²) in [6, 6.07) is 14.1. The van der Waals surface area contributed by atoms with E-state index in [4.69, 9.17) is 4.74 Å². The quantitative estimate of drug-likeness (QED) is 0.556. The van der Waals surface area contributed by atoms with Crippen LogP contribution in [0.4, 0.5) is 0 Å². The molecule has 0 heterocycles. The van der Waals surface area contributed by atoms with Crippen molar-refractivity contribution in [2.75, 3.05) is 0 Å². The van der Waals surface area contributed by atoms with Crippen molar-refractivity contribution in [3.05, 3.63) is 58.6 Å². The number of nitrogens with zero attached hydrogens (tertiary/aromatic N) is 1. The van der Waals surface area contributed by atoms with Crippen LogP contribution in [0.25, 0.3) is 0 Å². The summed E-state index contributed by atoms with van der Waals surface area (Å²) in [5.41, 5.74) is 2.99. The number of amides is 1. The van der Waals surface area contributed by atoms with Crippen LogP contribution in [0.1, 0.15) is 25.3 Å². The maximum absolute atomic E-state index is 12.3. The fraction of sp³-hybridized carbons (Fsp3) is 0.222. The van der Waals surface area contributed by atoms with Gasteiger partial charge in [-0.2, -0.15) is 5.10 Å². The number of ether oxygens (including phenoxy) is 1. The lowest BCUT2D eigenvalue weighted by Crippen LogP contribution is -2.35. The maximum atomic E-state index is 12.3. The number of nitrogens with one attached hydrogen (secondary N) is 1. The predicted molar refractivity (Wildman–Crippen MR) is 97.3 cm³/mol. The van der Waals surface area contributed by atoms with Crippen LogP contribution in [0.15, 0.2) is 58.1 Å². The van der Waals surface area contributed by atoms with Crippen LogP contribution in [-0.4, -0.2) is 23.3 Å². The first-order valence-electron chi connectivity index (χ1n) is 7.63. The molecule has 2 aromatic carbocycles. The molecule has 0 bridgehead atoms. The summed E-state index contributed by atoms with van der Waals surface area (Å²) in [4.78, 5) is 12.3. The monoisotopic (exact) mass is 390 g/mol. The van der Waals surface area contributed by atoms with Crippen molar-refractivity contribution in [2.24, 2.45) is 5.10 Å². The second-order valence-electron chi connectivity index (χ2n) is 5.14. The number of rotatable bonds is 7. The van der Waals surface area contributed by atoms with Crippen molar-refractivity contribution >= 4 is 28.1 Å². The van der Waals surface area contributed by atoms with Crippen LogP contribution in [0.3, 0.4) is 0 Å². The summed E-state index contributed by atoms with van der Waals surface area (Å²) >= 11 is 3.36. The van der Waals surface area contributed by atoms with Crippen LogP contribution in [0.5, 0.6) is 11.5 Å². The Labute approximate surface area is 149 Å². The number of aromatic hydroxyl groups is 1. The molecule has 0 aliphatic heterocycles. The molecule has 2 aromatic rings. The highest BCUT2D eigenvalue weighted by Gasteiger charge is 2.19. The molecule has 0 saturated heterocycles. The standard InChI is InChI=1S/C18H19BrN2O3/c1-2-5-17(24-15-10-8-14(19)9-11-15)18(23)21-20-12-13-6-3-4-7-16(13)22/h3-4,6-12,17,22H,2,5H2,1H3,(H,21,23). The average Bonchev–Trinajstić information content (AvgIpc) is 2.58. The number of benzene rings is 2. The first-order chi connectivity index (χ1) is 11.6.